The van der Waals surface area contributed by atoms with Crippen molar-refractivity contribution in [3.63, 3.8) is 0 Å². The zero-order valence-electron chi connectivity index (χ0n) is 9.53. The Hall–Kier alpha value is -2.02. The number of anilines is 1. The van der Waals surface area contributed by atoms with Crippen LogP contribution in [0.1, 0.15) is 19.8 Å². The number of hydrogen-bond acceptors (Lipinski definition) is 5. The van der Waals surface area contributed by atoms with Gasteiger partial charge in [-0.3, -0.25) is 10.1 Å². The third-order valence-corrected chi connectivity index (χ3v) is 2.47. The van der Waals surface area contributed by atoms with Crippen molar-refractivity contribution in [1.82, 2.24) is 19.9 Å². The highest BCUT2D eigenvalue weighted by Crippen LogP contribution is 2.18. The fraction of sp³-hybridized carbons (Fsp3) is 0.300. The highest BCUT2D eigenvalue weighted by Gasteiger charge is 2.10. The molecule has 2 N–H and O–H groups in total. The molecule has 0 radical (unpaired) electrons. The molecule has 0 bridgehead atoms. The van der Waals surface area contributed by atoms with Crippen LogP contribution in [0.4, 0.5) is 5.95 Å². The van der Waals surface area contributed by atoms with Crippen LogP contribution in [0.25, 0.3) is 11.2 Å². The summed E-state index contributed by atoms with van der Waals surface area (Å²) in [5.41, 5.74) is 0.885. The number of aromatic nitrogens is 4. The Morgan fingerprint density at radius 3 is 2.89 bits per heavy atom. The lowest BCUT2D eigenvalue weighted by atomic mass is 10.2. The Morgan fingerprint density at radius 1 is 1.39 bits per heavy atom. The Balaban J connectivity index is 2.11. The topological polar surface area (TPSA) is 101 Å². The van der Waals surface area contributed by atoms with E-state index in [4.69, 9.17) is 11.6 Å². The minimum Gasteiger partial charge on any atom is -0.341 e. The largest absolute Gasteiger partial charge is 0.341 e. The van der Waals surface area contributed by atoms with Crippen molar-refractivity contribution in [3.8, 4) is 0 Å². The lowest BCUT2D eigenvalue weighted by molar-refractivity contribution is -0.121. The lowest BCUT2D eigenvalue weighted by Gasteiger charge is -2.03. The molecule has 0 saturated heterocycles. The molecular weight excluding hydrogens is 258 g/mol. The first kappa shape index (κ1) is 12.4. The number of aromatic amines is 1. The number of fused-ring (bicyclic) bond motifs is 1. The fourth-order valence-electron chi connectivity index (χ4n) is 1.33. The SMILES string of the molecule is CC(=O)CCC(=O)Nc1nc(Cl)c2[nH]cnc2n1. The number of ketones is 1. The molecule has 0 aromatic carbocycles. The first-order chi connectivity index (χ1) is 8.56. The maximum atomic E-state index is 11.5. The van der Waals surface area contributed by atoms with E-state index in [0.717, 1.165) is 0 Å². The number of rotatable bonds is 4. The van der Waals surface area contributed by atoms with Crippen molar-refractivity contribution in [2.24, 2.45) is 0 Å². The van der Waals surface area contributed by atoms with Crippen LogP contribution in [-0.4, -0.2) is 31.6 Å². The average molecular weight is 268 g/mol. The number of carbonyl (C=O) groups excluding carboxylic acids is 2. The third kappa shape index (κ3) is 2.80. The van der Waals surface area contributed by atoms with Crippen LogP contribution in [-0.2, 0) is 9.59 Å². The maximum absolute atomic E-state index is 11.5. The molecule has 2 rings (SSSR count). The molecule has 2 aromatic rings. The van der Waals surface area contributed by atoms with Gasteiger partial charge in [-0.15, -0.1) is 0 Å². The molecule has 7 nitrogen and oxygen atoms in total. The number of carbonyl (C=O) groups is 2. The minimum absolute atomic E-state index is 0.0492. The first-order valence-corrected chi connectivity index (χ1v) is 5.60. The van der Waals surface area contributed by atoms with Crippen molar-refractivity contribution in [2.75, 3.05) is 5.32 Å². The van der Waals surface area contributed by atoms with E-state index in [1.807, 2.05) is 0 Å². The number of Topliss-reactive ketones (excluding diaryl/α,β-unsaturated/α-hetero) is 1. The van der Waals surface area contributed by atoms with Crippen molar-refractivity contribution >= 4 is 40.4 Å². The molecule has 8 heteroatoms. The first-order valence-electron chi connectivity index (χ1n) is 5.22. The van der Waals surface area contributed by atoms with Crippen LogP contribution in [0.15, 0.2) is 6.33 Å². The molecule has 0 atom stereocenters. The van der Waals surface area contributed by atoms with E-state index in [2.05, 4.69) is 25.3 Å². The van der Waals surface area contributed by atoms with E-state index < -0.39 is 0 Å². The van der Waals surface area contributed by atoms with E-state index in [1.165, 1.54) is 13.3 Å². The van der Waals surface area contributed by atoms with Crippen molar-refractivity contribution < 1.29 is 9.59 Å². The number of halogens is 1. The lowest BCUT2D eigenvalue weighted by Crippen LogP contribution is -2.14. The van der Waals surface area contributed by atoms with E-state index in [9.17, 15) is 9.59 Å². The van der Waals surface area contributed by atoms with E-state index in [1.54, 1.807) is 0 Å². The van der Waals surface area contributed by atoms with Crippen LogP contribution in [0, 0.1) is 0 Å². The molecule has 0 aliphatic heterocycles. The summed E-state index contributed by atoms with van der Waals surface area (Å²) in [5, 5.41) is 2.65. The quantitative estimate of drug-likeness (QED) is 0.814. The molecule has 0 unspecified atom stereocenters. The smallest absolute Gasteiger partial charge is 0.233 e. The predicted molar refractivity (Wildman–Crippen MR) is 65.2 cm³/mol. The summed E-state index contributed by atoms with van der Waals surface area (Å²) in [7, 11) is 0. The second kappa shape index (κ2) is 5.09. The molecule has 18 heavy (non-hydrogen) atoms. The van der Waals surface area contributed by atoms with Gasteiger partial charge >= 0.3 is 0 Å². The predicted octanol–water partition coefficient (Wildman–Crippen LogP) is 1.31. The number of nitrogens with zero attached hydrogens (tertiary/aromatic N) is 3. The molecule has 0 fully saturated rings. The van der Waals surface area contributed by atoms with Crippen LogP contribution < -0.4 is 5.32 Å². The second-order valence-electron chi connectivity index (χ2n) is 3.69. The molecule has 0 spiro atoms. The van der Waals surface area contributed by atoms with Gasteiger partial charge in [0.05, 0.1) is 6.33 Å². The Morgan fingerprint density at radius 2 is 2.17 bits per heavy atom. The summed E-state index contributed by atoms with van der Waals surface area (Å²) in [4.78, 5) is 36.9. The van der Waals surface area contributed by atoms with Gasteiger partial charge in [-0.2, -0.15) is 9.97 Å². The van der Waals surface area contributed by atoms with Gasteiger partial charge in [0.15, 0.2) is 10.8 Å². The van der Waals surface area contributed by atoms with Gasteiger partial charge < -0.3 is 9.78 Å². The Labute approximate surface area is 107 Å². The van der Waals surface area contributed by atoms with Crippen LogP contribution in [0.5, 0.6) is 0 Å². The Kier molecular flexibility index (Phi) is 3.52. The number of H-pyrrole nitrogens is 1. The molecule has 94 valence electrons. The zero-order valence-corrected chi connectivity index (χ0v) is 10.3. The van der Waals surface area contributed by atoms with Gasteiger partial charge in [-0.1, -0.05) is 11.6 Å². The van der Waals surface area contributed by atoms with Crippen LogP contribution in [0.2, 0.25) is 5.15 Å². The third-order valence-electron chi connectivity index (χ3n) is 2.20. The van der Waals surface area contributed by atoms with Gasteiger partial charge in [0.2, 0.25) is 11.9 Å². The summed E-state index contributed by atoms with van der Waals surface area (Å²) in [6, 6.07) is 0. The van der Waals surface area contributed by atoms with E-state index >= 15 is 0 Å². The number of imidazole rings is 1. The molecule has 0 aliphatic carbocycles. The van der Waals surface area contributed by atoms with E-state index in [0.29, 0.717) is 11.2 Å². The number of hydrogen-bond donors (Lipinski definition) is 2. The summed E-state index contributed by atoms with van der Waals surface area (Å²) in [5.74, 6) is -0.309. The number of nitrogens with one attached hydrogen (secondary N) is 2. The van der Waals surface area contributed by atoms with Crippen molar-refractivity contribution in [3.05, 3.63) is 11.5 Å². The van der Waals surface area contributed by atoms with Crippen molar-refractivity contribution in [1.29, 1.82) is 0 Å². The average Bonchev–Trinajstić information content (AvgIpc) is 2.75. The highest BCUT2D eigenvalue weighted by molar-refractivity contribution is 6.33. The number of amides is 1. The van der Waals surface area contributed by atoms with Gasteiger partial charge in [-0.25, -0.2) is 4.98 Å². The normalized spacial score (nSPS) is 10.6. The highest BCUT2D eigenvalue weighted by atomic mass is 35.5. The van der Waals surface area contributed by atoms with Crippen LogP contribution >= 0.6 is 11.6 Å². The molecule has 0 saturated carbocycles. The van der Waals surface area contributed by atoms with E-state index in [-0.39, 0.29) is 35.6 Å². The molecule has 0 aliphatic rings. The van der Waals surface area contributed by atoms with Crippen molar-refractivity contribution in [2.45, 2.75) is 19.8 Å². The maximum Gasteiger partial charge on any atom is 0.233 e. The fourth-order valence-corrected chi connectivity index (χ4v) is 1.55. The molecular formula is C10H10ClN5O2. The van der Waals surface area contributed by atoms with Gasteiger partial charge in [0, 0.05) is 12.8 Å². The Bertz CT molecular complexity index is 609. The molecule has 2 heterocycles. The van der Waals surface area contributed by atoms with Gasteiger partial charge in [-0.05, 0) is 6.92 Å². The molecule has 1 amide bonds. The summed E-state index contributed by atoms with van der Waals surface area (Å²) >= 11 is 5.89. The standard InChI is InChI=1S/C10H10ClN5O2/c1-5(17)2-3-6(18)14-10-15-8(11)7-9(16-10)13-4-12-7/h4H,2-3H2,1H3,(H2,12,13,14,15,16,18). The second-order valence-corrected chi connectivity index (χ2v) is 4.05. The van der Waals surface area contributed by atoms with Gasteiger partial charge in [0.1, 0.15) is 11.3 Å². The minimum atomic E-state index is -0.337. The monoisotopic (exact) mass is 267 g/mol. The summed E-state index contributed by atoms with van der Waals surface area (Å²) < 4.78 is 0. The zero-order chi connectivity index (χ0) is 13.1. The summed E-state index contributed by atoms with van der Waals surface area (Å²) in [6.07, 6.45) is 1.71. The summed E-state index contributed by atoms with van der Waals surface area (Å²) in [6.45, 7) is 1.43. The van der Waals surface area contributed by atoms with Gasteiger partial charge in [0.25, 0.3) is 0 Å². The molecule has 2 aromatic heterocycles. The van der Waals surface area contributed by atoms with Crippen LogP contribution in [0.3, 0.4) is 0 Å².